The molecule has 1 fully saturated rings. The van der Waals surface area contributed by atoms with E-state index in [-0.39, 0.29) is 6.04 Å². The third-order valence-corrected chi connectivity index (χ3v) is 6.16. The molecule has 3 aromatic rings. The van der Waals surface area contributed by atoms with Crippen molar-refractivity contribution in [1.29, 1.82) is 0 Å². The maximum Gasteiger partial charge on any atom is 0.212 e. The third-order valence-electron chi connectivity index (χ3n) is 5.16. The number of aromatic amines is 1. The maximum atomic E-state index is 6.11. The highest BCUT2D eigenvalue weighted by atomic mass is 32.2. The molecule has 5 heterocycles. The molecule has 8 heteroatoms. The Morgan fingerprint density at radius 2 is 2.22 bits per heavy atom. The van der Waals surface area contributed by atoms with Gasteiger partial charge < -0.3 is 19.6 Å². The van der Waals surface area contributed by atoms with E-state index in [0.717, 1.165) is 64.2 Å². The van der Waals surface area contributed by atoms with Crippen molar-refractivity contribution < 1.29 is 4.42 Å². The largest absolute Gasteiger partial charge is 0.438 e. The lowest BCUT2D eigenvalue weighted by molar-refractivity contribution is 0.337. The second-order valence-electron chi connectivity index (χ2n) is 6.99. The minimum absolute atomic E-state index is 0.238. The number of anilines is 1. The third kappa shape index (κ3) is 3.12. The van der Waals surface area contributed by atoms with E-state index in [9.17, 15) is 0 Å². The number of aryl methyl sites for hydroxylation is 1. The second-order valence-corrected chi connectivity index (χ2v) is 8.13. The predicted molar refractivity (Wildman–Crippen MR) is 108 cm³/mol. The van der Waals surface area contributed by atoms with Gasteiger partial charge in [-0.2, -0.15) is 0 Å². The van der Waals surface area contributed by atoms with Gasteiger partial charge in [-0.15, -0.1) is 11.8 Å². The molecule has 0 unspecified atom stereocenters. The fourth-order valence-corrected chi connectivity index (χ4v) is 4.69. The Balaban J connectivity index is 1.46. The van der Waals surface area contributed by atoms with Crippen LogP contribution in [0.4, 0.5) is 5.82 Å². The minimum atomic E-state index is 0.238. The van der Waals surface area contributed by atoms with E-state index in [0.29, 0.717) is 0 Å². The molecule has 1 saturated heterocycles. The number of fused-ring (bicyclic) bond motifs is 1. The maximum absolute atomic E-state index is 6.11. The van der Waals surface area contributed by atoms with E-state index < -0.39 is 0 Å². The van der Waals surface area contributed by atoms with Crippen molar-refractivity contribution in [3.8, 4) is 0 Å². The Bertz CT molecular complexity index is 987. The van der Waals surface area contributed by atoms with E-state index >= 15 is 0 Å². The van der Waals surface area contributed by atoms with Crippen molar-refractivity contribution in [3.05, 3.63) is 42.1 Å². The van der Waals surface area contributed by atoms with Gasteiger partial charge in [-0.3, -0.25) is 0 Å². The summed E-state index contributed by atoms with van der Waals surface area (Å²) in [6, 6.07) is 0.238. The molecular weight excluding hydrogens is 360 g/mol. The number of hydrogen-bond donors (Lipinski definition) is 2. The van der Waals surface area contributed by atoms with Gasteiger partial charge in [0.15, 0.2) is 5.76 Å². The summed E-state index contributed by atoms with van der Waals surface area (Å²) in [5.41, 5.74) is 2.02. The molecule has 0 radical (unpaired) electrons. The summed E-state index contributed by atoms with van der Waals surface area (Å²) in [7, 11) is 0. The average Bonchev–Trinajstić information content (AvgIpc) is 3.36. The molecular formula is C19H22N6OS. The van der Waals surface area contributed by atoms with Crippen LogP contribution in [-0.4, -0.2) is 38.8 Å². The van der Waals surface area contributed by atoms with Gasteiger partial charge in [-0.1, -0.05) is 6.42 Å². The molecule has 0 amide bonds. The highest BCUT2D eigenvalue weighted by Crippen LogP contribution is 2.36. The highest BCUT2D eigenvalue weighted by Gasteiger charge is 2.23. The number of hydrogen-bond acceptors (Lipinski definition) is 7. The zero-order valence-corrected chi connectivity index (χ0v) is 16.1. The quantitative estimate of drug-likeness (QED) is 0.716. The fourth-order valence-electron chi connectivity index (χ4n) is 3.74. The molecule has 3 aromatic heterocycles. The van der Waals surface area contributed by atoms with Crippen LogP contribution in [0.1, 0.15) is 42.5 Å². The van der Waals surface area contributed by atoms with E-state index in [4.69, 9.17) is 4.42 Å². The van der Waals surface area contributed by atoms with Gasteiger partial charge in [0, 0.05) is 24.7 Å². The molecule has 0 saturated carbocycles. The first kappa shape index (κ1) is 16.8. The monoisotopic (exact) mass is 382 g/mol. The zero-order valence-electron chi connectivity index (χ0n) is 15.2. The molecule has 0 spiro atoms. The number of aromatic nitrogens is 4. The van der Waals surface area contributed by atoms with E-state index in [2.05, 4.69) is 43.3 Å². The van der Waals surface area contributed by atoms with E-state index in [1.165, 1.54) is 12.8 Å². The number of oxazole rings is 1. The normalized spacial score (nSPS) is 20.9. The molecule has 0 bridgehead atoms. The van der Waals surface area contributed by atoms with Crippen molar-refractivity contribution in [1.82, 2.24) is 25.3 Å². The number of nitrogens with zero attached hydrogens (tertiary/aromatic N) is 4. The Hall–Kier alpha value is -2.32. The molecule has 1 atom stereocenters. The van der Waals surface area contributed by atoms with Crippen LogP contribution in [0.3, 0.4) is 0 Å². The van der Waals surface area contributed by atoms with Crippen LogP contribution in [0.15, 0.2) is 29.3 Å². The fraction of sp³-hybridized carbons (Fsp3) is 0.421. The first-order chi connectivity index (χ1) is 13.3. The van der Waals surface area contributed by atoms with Crippen LogP contribution in [0.25, 0.3) is 15.9 Å². The van der Waals surface area contributed by atoms with E-state index in [1.54, 1.807) is 18.1 Å². The van der Waals surface area contributed by atoms with Crippen LogP contribution in [0.2, 0.25) is 0 Å². The predicted octanol–water partition coefficient (Wildman–Crippen LogP) is 3.62. The van der Waals surface area contributed by atoms with E-state index in [1.807, 2.05) is 12.4 Å². The second kappa shape index (κ2) is 7.01. The molecule has 7 nitrogen and oxygen atoms in total. The smallest absolute Gasteiger partial charge is 0.212 e. The Morgan fingerprint density at radius 1 is 1.26 bits per heavy atom. The molecule has 2 aliphatic heterocycles. The lowest BCUT2D eigenvalue weighted by Gasteiger charge is -2.25. The summed E-state index contributed by atoms with van der Waals surface area (Å²) in [5.74, 6) is 3.54. The van der Waals surface area contributed by atoms with Crippen LogP contribution in [0.5, 0.6) is 0 Å². The Labute approximate surface area is 161 Å². The standard InChI is InChI=1S/C19H22N6OS/c1-12-8-21-17-16(12)18(24-11-23-17)25-6-7-27-15(10-25)14-9-22-19(26-14)13-4-2-3-5-20-13/h8-11,13,20H,2-7H2,1H3,(H,21,23,24)/t13-/m0/s1. The van der Waals surface area contributed by atoms with Crippen molar-refractivity contribution in [2.45, 2.75) is 32.2 Å². The van der Waals surface area contributed by atoms with Crippen LogP contribution in [0, 0.1) is 6.92 Å². The molecule has 2 N–H and O–H groups in total. The van der Waals surface area contributed by atoms with Crippen LogP contribution >= 0.6 is 11.8 Å². The summed E-state index contributed by atoms with van der Waals surface area (Å²) in [6.45, 7) is 4.01. The number of H-pyrrole nitrogens is 1. The molecule has 0 aromatic carbocycles. The summed E-state index contributed by atoms with van der Waals surface area (Å²) in [4.78, 5) is 19.9. The molecule has 5 rings (SSSR count). The lowest BCUT2D eigenvalue weighted by atomic mass is 10.1. The summed E-state index contributed by atoms with van der Waals surface area (Å²) >= 11 is 1.80. The van der Waals surface area contributed by atoms with Crippen LogP contribution in [-0.2, 0) is 0 Å². The average molecular weight is 382 g/mol. The van der Waals surface area contributed by atoms with Gasteiger partial charge in [-0.25, -0.2) is 15.0 Å². The number of nitrogens with one attached hydrogen (secondary N) is 2. The van der Waals surface area contributed by atoms with Crippen LogP contribution < -0.4 is 10.2 Å². The Kier molecular flexibility index (Phi) is 4.37. The van der Waals surface area contributed by atoms with Gasteiger partial charge in [-0.05, 0) is 31.9 Å². The summed E-state index contributed by atoms with van der Waals surface area (Å²) in [5, 5.41) is 4.57. The minimum Gasteiger partial charge on any atom is -0.438 e. The summed E-state index contributed by atoms with van der Waals surface area (Å²) in [6.07, 6.45) is 11.1. The number of rotatable bonds is 3. The molecule has 140 valence electrons. The number of piperidine rings is 1. The molecule has 0 aliphatic carbocycles. The zero-order chi connectivity index (χ0) is 18.2. The topological polar surface area (TPSA) is 82.9 Å². The van der Waals surface area contributed by atoms with Gasteiger partial charge in [0.25, 0.3) is 0 Å². The first-order valence-electron chi connectivity index (χ1n) is 9.39. The van der Waals surface area contributed by atoms with Gasteiger partial charge in [0.2, 0.25) is 5.89 Å². The summed E-state index contributed by atoms with van der Waals surface area (Å²) < 4.78 is 6.11. The first-order valence-corrected chi connectivity index (χ1v) is 10.4. The molecule has 2 aliphatic rings. The van der Waals surface area contributed by atoms with Gasteiger partial charge in [0.05, 0.1) is 22.5 Å². The molecule has 27 heavy (non-hydrogen) atoms. The SMILES string of the molecule is Cc1c[nH]c2ncnc(N3C=C(c4cnc([C@@H]5CCCCN5)o4)SCC3)c12. The van der Waals surface area contributed by atoms with Crippen molar-refractivity contribution in [3.63, 3.8) is 0 Å². The number of thioether (sulfide) groups is 1. The van der Waals surface area contributed by atoms with Crippen molar-refractivity contribution in [2.75, 3.05) is 23.7 Å². The Morgan fingerprint density at radius 3 is 3.11 bits per heavy atom. The van der Waals surface area contributed by atoms with Crippen molar-refractivity contribution >= 4 is 33.5 Å². The van der Waals surface area contributed by atoms with Gasteiger partial charge in [0.1, 0.15) is 17.8 Å². The van der Waals surface area contributed by atoms with Crippen molar-refractivity contribution in [2.24, 2.45) is 0 Å². The lowest BCUT2D eigenvalue weighted by Crippen LogP contribution is -2.26. The van der Waals surface area contributed by atoms with Gasteiger partial charge >= 0.3 is 0 Å². The highest BCUT2D eigenvalue weighted by molar-refractivity contribution is 8.08.